The van der Waals surface area contributed by atoms with Crippen LogP contribution in [0.25, 0.3) is 0 Å². The van der Waals surface area contributed by atoms with E-state index in [0.717, 1.165) is 15.6 Å². The van der Waals surface area contributed by atoms with Crippen molar-refractivity contribution in [2.45, 2.75) is 39.8 Å². The first-order valence-electron chi connectivity index (χ1n) is 6.58. The summed E-state index contributed by atoms with van der Waals surface area (Å²) in [6.45, 7) is 9.86. The second kappa shape index (κ2) is 5.88. The zero-order valence-electron chi connectivity index (χ0n) is 11.9. The van der Waals surface area contributed by atoms with Crippen LogP contribution in [0.2, 0.25) is 0 Å². The molecule has 1 aliphatic rings. The topological polar surface area (TPSA) is 54.5 Å². The van der Waals surface area contributed by atoms with Crippen LogP contribution in [0.5, 0.6) is 0 Å². The third-order valence-electron chi connectivity index (χ3n) is 3.30. The molecular formula is C13H21N3O2S. The van der Waals surface area contributed by atoms with Crippen molar-refractivity contribution in [3.63, 3.8) is 0 Å². The Kier molecular flexibility index (Phi) is 4.42. The molecule has 1 aliphatic heterocycles. The number of urea groups is 1. The van der Waals surface area contributed by atoms with Crippen molar-refractivity contribution in [2.75, 3.05) is 19.8 Å². The number of amides is 2. The molecule has 0 spiro atoms. The molecule has 2 heterocycles. The van der Waals surface area contributed by atoms with Crippen molar-refractivity contribution in [3.05, 3.63) is 15.6 Å². The zero-order chi connectivity index (χ0) is 14.0. The first-order chi connectivity index (χ1) is 8.99. The fourth-order valence-electron chi connectivity index (χ4n) is 2.31. The van der Waals surface area contributed by atoms with E-state index in [2.05, 4.69) is 10.3 Å². The Morgan fingerprint density at radius 3 is 2.89 bits per heavy atom. The van der Waals surface area contributed by atoms with Gasteiger partial charge in [0.1, 0.15) is 0 Å². The number of morpholine rings is 1. The number of nitrogens with one attached hydrogen (secondary N) is 1. The Morgan fingerprint density at radius 2 is 2.32 bits per heavy atom. The van der Waals surface area contributed by atoms with Gasteiger partial charge in [-0.25, -0.2) is 9.78 Å². The predicted molar refractivity (Wildman–Crippen MR) is 75.5 cm³/mol. The van der Waals surface area contributed by atoms with E-state index >= 15 is 0 Å². The normalized spacial score (nSPS) is 21.3. The van der Waals surface area contributed by atoms with Gasteiger partial charge in [-0.3, -0.25) is 0 Å². The van der Waals surface area contributed by atoms with Crippen LogP contribution in [0.4, 0.5) is 4.79 Å². The molecule has 0 aliphatic carbocycles. The van der Waals surface area contributed by atoms with E-state index in [1.807, 2.05) is 32.6 Å². The number of hydrogen-bond donors (Lipinski definition) is 1. The summed E-state index contributed by atoms with van der Waals surface area (Å²) in [7, 11) is 0. The van der Waals surface area contributed by atoms with E-state index in [0.29, 0.717) is 19.8 Å². The highest BCUT2D eigenvalue weighted by atomic mass is 32.1. The SMILES string of the molecule is Cc1nc(C)c([C@@H](C)NC(=O)N2CCOC[C@@H]2C)s1. The van der Waals surface area contributed by atoms with Gasteiger partial charge in [0.15, 0.2) is 0 Å². The number of rotatable bonds is 2. The minimum Gasteiger partial charge on any atom is -0.377 e. The lowest BCUT2D eigenvalue weighted by Crippen LogP contribution is -2.51. The van der Waals surface area contributed by atoms with E-state index < -0.39 is 0 Å². The van der Waals surface area contributed by atoms with Gasteiger partial charge in [-0.1, -0.05) is 0 Å². The van der Waals surface area contributed by atoms with Gasteiger partial charge < -0.3 is 15.0 Å². The van der Waals surface area contributed by atoms with Crippen molar-refractivity contribution in [3.8, 4) is 0 Å². The van der Waals surface area contributed by atoms with E-state index in [4.69, 9.17) is 4.74 Å². The van der Waals surface area contributed by atoms with Gasteiger partial charge in [0.2, 0.25) is 0 Å². The Bertz CT molecular complexity index is 461. The van der Waals surface area contributed by atoms with Crippen LogP contribution in [-0.4, -0.2) is 41.7 Å². The summed E-state index contributed by atoms with van der Waals surface area (Å²) in [5.74, 6) is 0. The molecule has 1 aromatic rings. The predicted octanol–water partition coefficient (Wildman–Crippen LogP) is 2.25. The molecule has 2 amide bonds. The number of carbonyl (C=O) groups excluding carboxylic acids is 1. The lowest BCUT2D eigenvalue weighted by atomic mass is 10.2. The van der Waals surface area contributed by atoms with Gasteiger partial charge in [-0.2, -0.15) is 0 Å². The van der Waals surface area contributed by atoms with Gasteiger partial charge in [0.05, 0.1) is 36.0 Å². The Morgan fingerprint density at radius 1 is 1.58 bits per heavy atom. The fraction of sp³-hybridized carbons (Fsp3) is 0.692. The highest BCUT2D eigenvalue weighted by Gasteiger charge is 2.25. The highest BCUT2D eigenvalue weighted by molar-refractivity contribution is 7.11. The molecule has 2 atom stereocenters. The third-order valence-corrected chi connectivity index (χ3v) is 4.56. The molecule has 1 saturated heterocycles. The van der Waals surface area contributed by atoms with Crippen LogP contribution in [-0.2, 0) is 4.74 Å². The van der Waals surface area contributed by atoms with Crippen molar-refractivity contribution in [2.24, 2.45) is 0 Å². The van der Waals surface area contributed by atoms with Gasteiger partial charge in [0, 0.05) is 11.4 Å². The van der Waals surface area contributed by atoms with Gasteiger partial charge in [0.25, 0.3) is 0 Å². The van der Waals surface area contributed by atoms with Crippen molar-refractivity contribution < 1.29 is 9.53 Å². The van der Waals surface area contributed by atoms with Gasteiger partial charge in [-0.15, -0.1) is 11.3 Å². The summed E-state index contributed by atoms with van der Waals surface area (Å²) in [6.07, 6.45) is 0. The fourth-order valence-corrected chi connectivity index (χ4v) is 3.24. The highest BCUT2D eigenvalue weighted by Crippen LogP contribution is 2.24. The number of aryl methyl sites for hydroxylation is 2. The molecule has 0 unspecified atom stereocenters. The number of nitrogens with zero attached hydrogens (tertiary/aromatic N) is 2. The molecule has 2 rings (SSSR count). The third kappa shape index (κ3) is 3.25. The second-order valence-electron chi connectivity index (χ2n) is 4.97. The van der Waals surface area contributed by atoms with Crippen LogP contribution in [0.15, 0.2) is 0 Å². The molecule has 0 saturated carbocycles. The molecule has 5 nitrogen and oxygen atoms in total. The number of aromatic nitrogens is 1. The van der Waals surface area contributed by atoms with Crippen LogP contribution in [0, 0.1) is 13.8 Å². The summed E-state index contributed by atoms with van der Waals surface area (Å²) in [5.41, 5.74) is 1.00. The van der Waals surface area contributed by atoms with Crippen LogP contribution in [0.1, 0.15) is 35.5 Å². The number of ether oxygens (including phenoxy) is 1. The number of thiazole rings is 1. The first-order valence-corrected chi connectivity index (χ1v) is 7.39. The monoisotopic (exact) mass is 283 g/mol. The lowest BCUT2D eigenvalue weighted by molar-refractivity contribution is 0.0185. The van der Waals surface area contributed by atoms with E-state index in [1.165, 1.54) is 0 Å². The Labute approximate surface area is 118 Å². The van der Waals surface area contributed by atoms with Crippen molar-refractivity contribution in [1.29, 1.82) is 0 Å². The van der Waals surface area contributed by atoms with Crippen LogP contribution in [0.3, 0.4) is 0 Å². The maximum absolute atomic E-state index is 12.3. The zero-order valence-corrected chi connectivity index (χ0v) is 12.7. The maximum atomic E-state index is 12.3. The van der Waals surface area contributed by atoms with Crippen molar-refractivity contribution in [1.82, 2.24) is 15.2 Å². The summed E-state index contributed by atoms with van der Waals surface area (Å²) in [6, 6.07) is 0.104. The van der Waals surface area contributed by atoms with Gasteiger partial charge >= 0.3 is 6.03 Å². The average Bonchev–Trinajstić information content (AvgIpc) is 2.69. The summed E-state index contributed by atoms with van der Waals surface area (Å²) >= 11 is 1.64. The molecule has 1 fully saturated rings. The number of hydrogen-bond acceptors (Lipinski definition) is 4. The first kappa shape index (κ1) is 14.3. The minimum atomic E-state index is -0.0197. The molecule has 0 aromatic carbocycles. The average molecular weight is 283 g/mol. The molecule has 106 valence electrons. The Balaban J connectivity index is 2.00. The maximum Gasteiger partial charge on any atom is 0.318 e. The summed E-state index contributed by atoms with van der Waals surface area (Å²) in [5, 5.41) is 4.09. The van der Waals surface area contributed by atoms with Crippen LogP contribution >= 0.6 is 11.3 Å². The molecule has 19 heavy (non-hydrogen) atoms. The van der Waals surface area contributed by atoms with E-state index in [9.17, 15) is 4.79 Å². The van der Waals surface area contributed by atoms with Crippen LogP contribution < -0.4 is 5.32 Å². The standard InChI is InChI=1S/C13H21N3O2S/c1-8-7-18-6-5-16(8)13(17)15-10(3)12-9(2)14-11(4)19-12/h8,10H,5-7H2,1-4H3,(H,15,17)/t8-,10+/m0/s1. The molecular weight excluding hydrogens is 262 g/mol. The van der Waals surface area contributed by atoms with E-state index in [-0.39, 0.29) is 18.1 Å². The van der Waals surface area contributed by atoms with Crippen molar-refractivity contribution >= 4 is 17.4 Å². The molecule has 6 heteroatoms. The largest absolute Gasteiger partial charge is 0.377 e. The van der Waals surface area contributed by atoms with Gasteiger partial charge in [-0.05, 0) is 27.7 Å². The lowest BCUT2D eigenvalue weighted by Gasteiger charge is -2.34. The Hall–Kier alpha value is -1.14. The number of carbonyl (C=O) groups is 1. The smallest absolute Gasteiger partial charge is 0.318 e. The second-order valence-corrected chi connectivity index (χ2v) is 6.21. The van der Waals surface area contributed by atoms with E-state index in [1.54, 1.807) is 11.3 Å². The molecule has 0 bridgehead atoms. The molecule has 1 N–H and O–H groups in total. The quantitative estimate of drug-likeness (QED) is 0.905. The minimum absolute atomic E-state index is 0.00579. The summed E-state index contributed by atoms with van der Waals surface area (Å²) < 4.78 is 5.34. The molecule has 0 radical (unpaired) electrons. The molecule has 1 aromatic heterocycles. The summed E-state index contributed by atoms with van der Waals surface area (Å²) in [4.78, 5) is 19.6.